The average Bonchev–Trinajstić information content (AvgIpc) is 3.50. The highest BCUT2D eigenvalue weighted by Gasteiger charge is 2.16. The molecule has 8 aromatic rings. The van der Waals surface area contributed by atoms with E-state index in [2.05, 4.69) is 150 Å². The fraction of sp³-hybridized carbons (Fsp3) is 0. The molecule has 2 heteroatoms. The van der Waals surface area contributed by atoms with Gasteiger partial charge in [0.1, 0.15) is 11.3 Å². The summed E-state index contributed by atoms with van der Waals surface area (Å²) in [6.07, 6.45) is 0. The SMILES string of the molecule is c1cc(-c2cc3ccccc3o2)cc(N(c2ccc(-c3cccc4ccccc34)cc2)c2ccc3ccccc3c2)c1. The smallest absolute Gasteiger partial charge is 0.135 e. The fourth-order valence-corrected chi connectivity index (χ4v) is 5.95. The molecule has 2 nitrogen and oxygen atoms in total. The third-order valence-electron chi connectivity index (χ3n) is 8.03. The molecular formula is C40H27NO. The van der Waals surface area contributed by atoms with Crippen LogP contribution in [-0.4, -0.2) is 0 Å². The summed E-state index contributed by atoms with van der Waals surface area (Å²) < 4.78 is 6.24. The van der Waals surface area contributed by atoms with Crippen molar-refractivity contribution in [2.75, 3.05) is 4.90 Å². The molecule has 0 unspecified atom stereocenters. The van der Waals surface area contributed by atoms with Crippen molar-refractivity contribution in [2.24, 2.45) is 0 Å². The third-order valence-corrected chi connectivity index (χ3v) is 8.03. The Bertz CT molecular complexity index is 2170. The molecule has 198 valence electrons. The molecule has 0 fully saturated rings. The molecule has 0 radical (unpaired) electrons. The predicted molar refractivity (Wildman–Crippen MR) is 177 cm³/mol. The van der Waals surface area contributed by atoms with Gasteiger partial charge in [0, 0.05) is 28.0 Å². The first-order valence-electron chi connectivity index (χ1n) is 14.3. The van der Waals surface area contributed by atoms with Crippen LogP contribution in [0.25, 0.3) is 55.0 Å². The molecule has 0 bridgehead atoms. The van der Waals surface area contributed by atoms with E-state index < -0.39 is 0 Å². The second-order valence-electron chi connectivity index (χ2n) is 10.6. The average molecular weight is 538 g/mol. The number of fused-ring (bicyclic) bond motifs is 3. The Hall–Kier alpha value is -5.60. The highest BCUT2D eigenvalue weighted by molar-refractivity contribution is 5.97. The first kappa shape index (κ1) is 24.2. The van der Waals surface area contributed by atoms with E-state index >= 15 is 0 Å². The van der Waals surface area contributed by atoms with Crippen molar-refractivity contribution in [3.8, 4) is 22.5 Å². The van der Waals surface area contributed by atoms with E-state index in [1.807, 2.05) is 18.2 Å². The second kappa shape index (κ2) is 10.1. The summed E-state index contributed by atoms with van der Waals surface area (Å²) in [5.74, 6) is 0.864. The van der Waals surface area contributed by atoms with Gasteiger partial charge in [0.05, 0.1) is 0 Å². The van der Waals surface area contributed by atoms with Gasteiger partial charge in [-0.3, -0.25) is 0 Å². The van der Waals surface area contributed by atoms with Crippen molar-refractivity contribution in [2.45, 2.75) is 0 Å². The lowest BCUT2D eigenvalue weighted by Gasteiger charge is -2.26. The normalized spacial score (nSPS) is 11.3. The van der Waals surface area contributed by atoms with Gasteiger partial charge in [0.15, 0.2) is 0 Å². The quantitative estimate of drug-likeness (QED) is 0.217. The number of anilines is 3. The van der Waals surface area contributed by atoms with Crippen LogP contribution in [-0.2, 0) is 0 Å². The number of hydrogen-bond donors (Lipinski definition) is 0. The van der Waals surface area contributed by atoms with E-state index in [0.29, 0.717) is 0 Å². The van der Waals surface area contributed by atoms with Crippen LogP contribution in [0.5, 0.6) is 0 Å². The second-order valence-corrected chi connectivity index (χ2v) is 10.6. The van der Waals surface area contributed by atoms with E-state index in [-0.39, 0.29) is 0 Å². The minimum atomic E-state index is 0.864. The monoisotopic (exact) mass is 537 g/mol. The molecule has 8 rings (SSSR count). The van der Waals surface area contributed by atoms with E-state index in [4.69, 9.17) is 4.42 Å². The molecule has 0 aliphatic carbocycles. The van der Waals surface area contributed by atoms with Gasteiger partial charge in [-0.15, -0.1) is 0 Å². The Kier molecular flexibility index (Phi) is 5.82. The molecule has 0 spiro atoms. The van der Waals surface area contributed by atoms with E-state index in [0.717, 1.165) is 39.4 Å². The zero-order chi connectivity index (χ0) is 27.9. The van der Waals surface area contributed by atoms with Crippen LogP contribution >= 0.6 is 0 Å². The van der Waals surface area contributed by atoms with Crippen LogP contribution in [0.4, 0.5) is 17.1 Å². The molecule has 7 aromatic carbocycles. The number of nitrogens with zero attached hydrogens (tertiary/aromatic N) is 1. The van der Waals surface area contributed by atoms with Gasteiger partial charge in [-0.1, -0.05) is 115 Å². The van der Waals surface area contributed by atoms with Crippen molar-refractivity contribution in [1.29, 1.82) is 0 Å². The maximum atomic E-state index is 6.24. The number of para-hydroxylation sites is 1. The number of benzene rings is 7. The highest BCUT2D eigenvalue weighted by Crippen LogP contribution is 2.40. The molecule has 0 amide bonds. The van der Waals surface area contributed by atoms with Gasteiger partial charge in [-0.05, 0) is 81.2 Å². The van der Waals surface area contributed by atoms with Gasteiger partial charge >= 0.3 is 0 Å². The van der Waals surface area contributed by atoms with E-state index in [9.17, 15) is 0 Å². The topological polar surface area (TPSA) is 16.4 Å². The standard InChI is InChI=1S/C40H27NO/c1-2-11-31-25-36(24-19-28(31)9-1)41(35-15-7-14-32(26-35)40-27-33-12-4-6-18-39(33)42-40)34-22-20-30(21-23-34)38-17-8-13-29-10-3-5-16-37(29)38/h1-27H. The summed E-state index contributed by atoms with van der Waals surface area (Å²) in [5, 5.41) is 6.05. The molecule has 0 saturated heterocycles. The predicted octanol–water partition coefficient (Wildman–Crippen LogP) is 11.5. The molecule has 42 heavy (non-hydrogen) atoms. The number of rotatable bonds is 5. The Balaban J connectivity index is 1.26. The maximum absolute atomic E-state index is 6.24. The minimum Gasteiger partial charge on any atom is -0.456 e. The van der Waals surface area contributed by atoms with Gasteiger partial charge in [0.25, 0.3) is 0 Å². The highest BCUT2D eigenvalue weighted by atomic mass is 16.3. The van der Waals surface area contributed by atoms with Crippen LogP contribution in [0.1, 0.15) is 0 Å². The zero-order valence-electron chi connectivity index (χ0n) is 22.9. The first-order chi connectivity index (χ1) is 20.8. The lowest BCUT2D eigenvalue weighted by atomic mass is 9.98. The molecular weight excluding hydrogens is 510 g/mol. The Morgan fingerprint density at radius 1 is 0.381 bits per heavy atom. The minimum absolute atomic E-state index is 0.864. The fourth-order valence-electron chi connectivity index (χ4n) is 5.95. The summed E-state index contributed by atoms with van der Waals surface area (Å²) in [4.78, 5) is 2.32. The summed E-state index contributed by atoms with van der Waals surface area (Å²) in [6.45, 7) is 0. The van der Waals surface area contributed by atoms with Crippen LogP contribution in [0.15, 0.2) is 168 Å². The third kappa shape index (κ3) is 4.31. The van der Waals surface area contributed by atoms with Gasteiger partial charge in [0.2, 0.25) is 0 Å². The first-order valence-corrected chi connectivity index (χ1v) is 14.3. The summed E-state index contributed by atoms with van der Waals surface area (Å²) in [6, 6.07) is 58.0. The maximum Gasteiger partial charge on any atom is 0.135 e. The Labute approximate surface area is 244 Å². The van der Waals surface area contributed by atoms with Crippen LogP contribution in [0.3, 0.4) is 0 Å². The molecule has 0 saturated carbocycles. The largest absolute Gasteiger partial charge is 0.456 e. The van der Waals surface area contributed by atoms with Crippen molar-refractivity contribution < 1.29 is 4.42 Å². The molecule has 1 heterocycles. The summed E-state index contributed by atoms with van der Waals surface area (Å²) in [5.41, 5.74) is 7.65. The summed E-state index contributed by atoms with van der Waals surface area (Å²) >= 11 is 0. The summed E-state index contributed by atoms with van der Waals surface area (Å²) in [7, 11) is 0. The van der Waals surface area contributed by atoms with Crippen LogP contribution in [0.2, 0.25) is 0 Å². The van der Waals surface area contributed by atoms with Gasteiger partial charge < -0.3 is 9.32 Å². The lowest BCUT2D eigenvalue weighted by Crippen LogP contribution is -2.10. The number of furan rings is 1. The van der Waals surface area contributed by atoms with Crippen molar-refractivity contribution in [3.63, 3.8) is 0 Å². The number of hydrogen-bond acceptors (Lipinski definition) is 2. The molecule has 0 aliphatic heterocycles. The van der Waals surface area contributed by atoms with Crippen LogP contribution in [0, 0.1) is 0 Å². The lowest BCUT2D eigenvalue weighted by molar-refractivity contribution is 0.631. The van der Waals surface area contributed by atoms with Crippen molar-refractivity contribution in [1.82, 2.24) is 0 Å². The van der Waals surface area contributed by atoms with E-state index in [1.165, 1.54) is 32.7 Å². The molecule has 0 N–H and O–H groups in total. The van der Waals surface area contributed by atoms with Crippen molar-refractivity contribution in [3.05, 3.63) is 164 Å². The molecule has 0 aliphatic rings. The molecule has 1 aromatic heterocycles. The zero-order valence-corrected chi connectivity index (χ0v) is 22.9. The Morgan fingerprint density at radius 3 is 1.90 bits per heavy atom. The van der Waals surface area contributed by atoms with Crippen LogP contribution < -0.4 is 4.90 Å². The van der Waals surface area contributed by atoms with Crippen molar-refractivity contribution >= 4 is 49.6 Å². The molecule has 0 atom stereocenters. The van der Waals surface area contributed by atoms with Gasteiger partial charge in [-0.25, -0.2) is 0 Å². The van der Waals surface area contributed by atoms with E-state index in [1.54, 1.807) is 0 Å². The van der Waals surface area contributed by atoms with Gasteiger partial charge in [-0.2, -0.15) is 0 Å². The Morgan fingerprint density at radius 2 is 1.05 bits per heavy atom.